The number of nitrogens with two attached hydrogens (primary N) is 1. The Kier molecular flexibility index (Phi) is 3.65. The molecule has 1 aromatic heterocycles. The highest BCUT2D eigenvalue weighted by atomic mass is 79.9. The van der Waals surface area contributed by atoms with Gasteiger partial charge in [-0.25, -0.2) is 9.97 Å². The summed E-state index contributed by atoms with van der Waals surface area (Å²) in [5.74, 6) is 0. The molecule has 1 heterocycles. The van der Waals surface area contributed by atoms with E-state index in [2.05, 4.69) is 31.2 Å². The first-order valence-corrected chi connectivity index (χ1v) is 5.98. The lowest BCUT2D eigenvalue weighted by atomic mass is 10.2. The highest BCUT2D eigenvalue weighted by Crippen LogP contribution is 2.23. The highest BCUT2D eigenvalue weighted by Gasteiger charge is 2.04. The van der Waals surface area contributed by atoms with E-state index in [0.717, 1.165) is 21.4 Å². The molecule has 0 spiro atoms. The molecule has 0 atom stereocenters. The maximum Gasteiger partial charge on any atom is 0.115 e. The van der Waals surface area contributed by atoms with Crippen LogP contribution < -0.4 is 11.1 Å². The zero-order valence-corrected chi connectivity index (χ0v) is 11.1. The molecule has 0 unspecified atom stereocenters. The van der Waals surface area contributed by atoms with Gasteiger partial charge in [-0.2, -0.15) is 0 Å². The standard InChI is InChI=1S/C11H9BrN4S/c12-10-3-7(1-2-9(10)11(13)17)16-8-4-14-6-15-5-8/h1-6,16H,(H2,13,17). The molecular formula is C11H9BrN4S. The number of halogens is 1. The first-order valence-electron chi connectivity index (χ1n) is 4.78. The van der Waals surface area contributed by atoms with Crippen LogP contribution in [-0.4, -0.2) is 15.0 Å². The number of aromatic nitrogens is 2. The fourth-order valence-corrected chi connectivity index (χ4v) is 2.22. The molecule has 0 aliphatic carbocycles. The number of thiocarbonyl (C=S) groups is 1. The molecule has 1 aromatic carbocycles. The monoisotopic (exact) mass is 308 g/mol. The van der Waals surface area contributed by atoms with Crippen LogP contribution in [0.3, 0.4) is 0 Å². The van der Waals surface area contributed by atoms with Crippen molar-refractivity contribution < 1.29 is 0 Å². The molecule has 0 fully saturated rings. The summed E-state index contributed by atoms with van der Waals surface area (Å²) in [6.45, 7) is 0. The number of anilines is 2. The van der Waals surface area contributed by atoms with Crippen LogP contribution in [-0.2, 0) is 0 Å². The first-order chi connectivity index (χ1) is 8.16. The Morgan fingerprint density at radius 1 is 1.24 bits per heavy atom. The predicted molar refractivity (Wildman–Crippen MR) is 75.3 cm³/mol. The quantitative estimate of drug-likeness (QED) is 0.853. The number of nitrogens with one attached hydrogen (secondary N) is 1. The average molecular weight is 309 g/mol. The van der Waals surface area contributed by atoms with Crippen molar-refractivity contribution in [3.63, 3.8) is 0 Å². The van der Waals surface area contributed by atoms with E-state index >= 15 is 0 Å². The molecule has 0 aliphatic rings. The molecule has 3 N–H and O–H groups in total. The van der Waals surface area contributed by atoms with Crippen molar-refractivity contribution in [2.75, 3.05) is 5.32 Å². The molecule has 0 radical (unpaired) electrons. The van der Waals surface area contributed by atoms with E-state index in [-0.39, 0.29) is 0 Å². The van der Waals surface area contributed by atoms with Crippen LogP contribution in [0.25, 0.3) is 0 Å². The van der Waals surface area contributed by atoms with Crippen molar-refractivity contribution in [3.8, 4) is 0 Å². The molecule has 0 bridgehead atoms. The van der Waals surface area contributed by atoms with Crippen molar-refractivity contribution >= 4 is 44.5 Å². The third kappa shape index (κ3) is 2.98. The summed E-state index contributed by atoms with van der Waals surface area (Å²) >= 11 is 8.35. The SMILES string of the molecule is NC(=S)c1ccc(Nc2cncnc2)cc1Br. The minimum Gasteiger partial charge on any atom is -0.389 e. The van der Waals surface area contributed by atoms with Gasteiger partial charge in [0.15, 0.2) is 0 Å². The third-order valence-corrected chi connectivity index (χ3v) is 2.96. The van der Waals surface area contributed by atoms with Gasteiger partial charge in [-0.15, -0.1) is 0 Å². The van der Waals surface area contributed by atoms with Crippen LogP contribution in [0.2, 0.25) is 0 Å². The largest absolute Gasteiger partial charge is 0.389 e. The van der Waals surface area contributed by atoms with Crippen molar-refractivity contribution in [2.45, 2.75) is 0 Å². The Bertz CT molecular complexity index is 544. The van der Waals surface area contributed by atoms with E-state index < -0.39 is 0 Å². The molecule has 4 nitrogen and oxygen atoms in total. The lowest BCUT2D eigenvalue weighted by Gasteiger charge is -2.08. The highest BCUT2D eigenvalue weighted by molar-refractivity contribution is 9.10. The Hall–Kier alpha value is -1.53. The van der Waals surface area contributed by atoms with Gasteiger partial charge in [-0.1, -0.05) is 12.2 Å². The molecule has 2 rings (SSSR count). The Morgan fingerprint density at radius 3 is 2.53 bits per heavy atom. The summed E-state index contributed by atoms with van der Waals surface area (Å²) in [6, 6.07) is 5.66. The zero-order valence-electron chi connectivity index (χ0n) is 8.72. The third-order valence-electron chi connectivity index (χ3n) is 2.08. The van der Waals surface area contributed by atoms with Gasteiger partial charge in [0.2, 0.25) is 0 Å². The minimum absolute atomic E-state index is 0.367. The van der Waals surface area contributed by atoms with E-state index in [1.807, 2.05) is 18.2 Å². The maximum atomic E-state index is 5.58. The van der Waals surface area contributed by atoms with E-state index in [1.165, 1.54) is 6.33 Å². The number of hydrogen-bond donors (Lipinski definition) is 2. The van der Waals surface area contributed by atoms with Gasteiger partial charge in [-0.3, -0.25) is 0 Å². The fourth-order valence-electron chi connectivity index (χ4n) is 1.32. The second-order valence-corrected chi connectivity index (χ2v) is 4.61. The van der Waals surface area contributed by atoms with E-state index in [0.29, 0.717) is 4.99 Å². The molecule has 0 saturated heterocycles. The average Bonchev–Trinajstić information content (AvgIpc) is 2.30. The van der Waals surface area contributed by atoms with Crippen LogP contribution in [0, 0.1) is 0 Å². The second-order valence-electron chi connectivity index (χ2n) is 3.31. The van der Waals surface area contributed by atoms with Gasteiger partial charge in [0.25, 0.3) is 0 Å². The van der Waals surface area contributed by atoms with Gasteiger partial charge in [0.05, 0.1) is 18.1 Å². The van der Waals surface area contributed by atoms with Gasteiger partial charge in [-0.05, 0) is 34.1 Å². The van der Waals surface area contributed by atoms with E-state index in [9.17, 15) is 0 Å². The lowest BCUT2D eigenvalue weighted by molar-refractivity contribution is 1.17. The molecule has 0 saturated carbocycles. The smallest absolute Gasteiger partial charge is 0.115 e. The van der Waals surface area contributed by atoms with Crippen molar-refractivity contribution in [3.05, 3.63) is 47.0 Å². The van der Waals surface area contributed by atoms with E-state index in [4.69, 9.17) is 18.0 Å². The molecule has 0 aliphatic heterocycles. The van der Waals surface area contributed by atoms with E-state index in [1.54, 1.807) is 12.4 Å². The van der Waals surface area contributed by atoms with Gasteiger partial charge < -0.3 is 11.1 Å². The fraction of sp³-hybridized carbons (Fsp3) is 0. The lowest BCUT2D eigenvalue weighted by Crippen LogP contribution is -2.10. The summed E-state index contributed by atoms with van der Waals surface area (Å²) in [5.41, 5.74) is 8.12. The number of nitrogens with zero attached hydrogens (tertiary/aromatic N) is 2. The molecule has 2 aromatic rings. The van der Waals surface area contributed by atoms with Crippen molar-refractivity contribution in [2.24, 2.45) is 5.73 Å². The predicted octanol–water partition coefficient (Wildman–Crippen LogP) is 2.62. The van der Waals surface area contributed by atoms with Gasteiger partial charge in [0.1, 0.15) is 11.3 Å². The molecule has 86 valence electrons. The van der Waals surface area contributed by atoms with Crippen LogP contribution in [0.5, 0.6) is 0 Å². The second kappa shape index (κ2) is 5.20. The number of benzene rings is 1. The Morgan fingerprint density at radius 2 is 1.94 bits per heavy atom. The topological polar surface area (TPSA) is 63.8 Å². The minimum atomic E-state index is 0.367. The zero-order chi connectivity index (χ0) is 12.3. The molecule has 0 amide bonds. The maximum absolute atomic E-state index is 5.58. The Balaban J connectivity index is 2.24. The Labute approximate surface area is 112 Å². The number of rotatable bonds is 3. The van der Waals surface area contributed by atoms with Crippen LogP contribution >= 0.6 is 28.1 Å². The normalized spacial score (nSPS) is 9.94. The molecule has 17 heavy (non-hydrogen) atoms. The van der Waals surface area contributed by atoms with Crippen molar-refractivity contribution in [1.82, 2.24) is 9.97 Å². The van der Waals surface area contributed by atoms with Crippen LogP contribution in [0.4, 0.5) is 11.4 Å². The van der Waals surface area contributed by atoms with Crippen molar-refractivity contribution in [1.29, 1.82) is 0 Å². The summed E-state index contributed by atoms with van der Waals surface area (Å²) < 4.78 is 0.854. The van der Waals surface area contributed by atoms with Crippen LogP contribution in [0.1, 0.15) is 5.56 Å². The first kappa shape index (κ1) is 11.9. The summed E-state index contributed by atoms with van der Waals surface area (Å²) in [5, 5.41) is 3.17. The number of hydrogen-bond acceptors (Lipinski definition) is 4. The van der Waals surface area contributed by atoms with Gasteiger partial charge >= 0.3 is 0 Å². The summed E-state index contributed by atoms with van der Waals surface area (Å²) in [4.78, 5) is 8.21. The molecular weight excluding hydrogens is 300 g/mol. The van der Waals surface area contributed by atoms with Gasteiger partial charge in [0, 0.05) is 15.7 Å². The molecule has 6 heteroatoms. The summed E-state index contributed by atoms with van der Waals surface area (Å²) in [6.07, 6.45) is 4.88. The van der Waals surface area contributed by atoms with Crippen LogP contribution in [0.15, 0.2) is 41.4 Å². The summed E-state index contributed by atoms with van der Waals surface area (Å²) in [7, 11) is 0.